The summed E-state index contributed by atoms with van der Waals surface area (Å²) < 4.78 is 11.2. The standard InChI is InChI=1S/C19H19NO4S/c1-23-15-8-7-14(24-16-9-10-18(21)20-19(16)22)11-17(15)25-12-13-5-3-2-4-6-13/h2-8,11,16H,9-10,12H2,1H3,(H,20,21,22). The molecule has 3 rings (SSSR count). The highest BCUT2D eigenvalue weighted by molar-refractivity contribution is 7.98. The van der Waals surface area contributed by atoms with Gasteiger partial charge in [-0.2, -0.15) is 0 Å². The van der Waals surface area contributed by atoms with Crippen molar-refractivity contribution < 1.29 is 19.1 Å². The molecule has 25 heavy (non-hydrogen) atoms. The molecule has 0 bridgehead atoms. The van der Waals surface area contributed by atoms with Crippen LogP contribution in [-0.2, 0) is 15.3 Å². The summed E-state index contributed by atoms with van der Waals surface area (Å²) in [6.45, 7) is 0. The molecular weight excluding hydrogens is 338 g/mol. The first kappa shape index (κ1) is 17.4. The quantitative estimate of drug-likeness (QED) is 0.635. The van der Waals surface area contributed by atoms with Gasteiger partial charge >= 0.3 is 0 Å². The highest BCUT2D eigenvalue weighted by atomic mass is 32.2. The van der Waals surface area contributed by atoms with Crippen molar-refractivity contribution >= 4 is 23.6 Å². The lowest BCUT2D eigenvalue weighted by atomic mass is 10.1. The van der Waals surface area contributed by atoms with Crippen LogP contribution in [0.2, 0.25) is 0 Å². The van der Waals surface area contributed by atoms with E-state index in [9.17, 15) is 9.59 Å². The number of hydrogen-bond donors (Lipinski definition) is 1. The van der Waals surface area contributed by atoms with Crippen molar-refractivity contribution in [2.75, 3.05) is 7.11 Å². The Kier molecular flexibility index (Phi) is 5.60. The molecule has 1 saturated heterocycles. The number of thioether (sulfide) groups is 1. The van der Waals surface area contributed by atoms with Crippen LogP contribution in [0.15, 0.2) is 53.4 Å². The Hall–Kier alpha value is -2.47. The van der Waals surface area contributed by atoms with Gasteiger partial charge in [-0.25, -0.2) is 0 Å². The molecule has 5 nitrogen and oxygen atoms in total. The van der Waals surface area contributed by atoms with E-state index < -0.39 is 6.10 Å². The van der Waals surface area contributed by atoms with Crippen LogP contribution in [0.3, 0.4) is 0 Å². The molecule has 2 amide bonds. The van der Waals surface area contributed by atoms with E-state index in [4.69, 9.17) is 9.47 Å². The summed E-state index contributed by atoms with van der Waals surface area (Å²) >= 11 is 1.64. The monoisotopic (exact) mass is 357 g/mol. The predicted molar refractivity (Wildman–Crippen MR) is 95.8 cm³/mol. The number of benzene rings is 2. The van der Waals surface area contributed by atoms with Crippen molar-refractivity contribution in [3.63, 3.8) is 0 Å². The van der Waals surface area contributed by atoms with Gasteiger partial charge in [-0.3, -0.25) is 14.9 Å². The van der Waals surface area contributed by atoms with Gasteiger partial charge in [-0.1, -0.05) is 30.3 Å². The summed E-state index contributed by atoms with van der Waals surface area (Å²) in [4.78, 5) is 24.0. The highest BCUT2D eigenvalue weighted by Crippen LogP contribution is 2.35. The Morgan fingerprint density at radius 1 is 1.16 bits per heavy atom. The maximum Gasteiger partial charge on any atom is 0.267 e. The van der Waals surface area contributed by atoms with Gasteiger partial charge in [0.25, 0.3) is 5.91 Å². The van der Waals surface area contributed by atoms with Crippen molar-refractivity contribution in [3.05, 3.63) is 54.1 Å². The molecule has 0 aromatic heterocycles. The van der Waals surface area contributed by atoms with Gasteiger partial charge in [-0.05, 0) is 23.8 Å². The third kappa shape index (κ3) is 4.54. The predicted octanol–water partition coefficient (Wildman–Crippen LogP) is 3.17. The van der Waals surface area contributed by atoms with E-state index in [0.29, 0.717) is 18.6 Å². The minimum Gasteiger partial charge on any atom is -0.496 e. The smallest absolute Gasteiger partial charge is 0.267 e. The van der Waals surface area contributed by atoms with Gasteiger partial charge in [0.15, 0.2) is 6.10 Å². The SMILES string of the molecule is COc1ccc(OC2CCC(=O)NC2=O)cc1SCc1ccccc1. The number of amides is 2. The Bertz CT molecular complexity index is 763. The van der Waals surface area contributed by atoms with Gasteiger partial charge < -0.3 is 9.47 Å². The summed E-state index contributed by atoms with van der Waals surface area (Å²) in [7, 11) is 1.63. The van der Waals surface area contributed by atoms with Crippen LogP contribution in [0, 0.1) is 0 Å². The molecule has 1 heterocycles. The van der Waals surface area contributed by atoms with Crippen molar-refractivity contribution in [1.82, 2.24) is 5.32 Å². The fourth-order valence-corrected chi connectivity index (χ4v) is 3.54. The minimum atomic E-state index is -0.641. The van der Waals surface area contributed by atoms with E-state index in [0.717, 1.165) is 16.4 Å². The Labute approximate surface area is 150 Å². The zero-order chi connectivity index (χ0) is 17.6. The number of imide groups is 1. The minimum absolute atomic E-state index is 0.251. The molecule has 2 aromatic carbocycles. The number of hydrogen-bond acceptors (Lipinski definition) is 5. The lowest BCUT2D eigenvalue weighted by Crippen LogP contribution is -2.46. The normalized spacial score (nSPS) is 17.1. The third-order valence-corrected chi connectivity index (χ3v) is 4.95. The summed E-state index contributed by atoms with van der Waals surface area (Å²) in [5.41, 5.74) is 1.21. The van der Waals surface area contributed by atoms with Crippen molar-refractivity contribution in [1.29, 1.82) is 0 Å². The first-order valence-corrected chi connectivity index (χ1v) is 8.99. The first-order valence-electron chi connectivity index (χ1n) is 8.01. The molecule has 130 valence electrons. The van der Waals surface area contributed by atoms with Crippen LogP contribution >= 0.6 is 11.8 Å². The van der Waals surface area contributed by atoms with E-state index in [-0.39, 0.29) is 11.8 Å². The molecule has 2 aromatic rings. The van der Waals surface area contributed by atoms with Gasteiger partial charge in [0.2, 0.25) is 5.91 Å². The number of methoxy groups -OCH3 is 1. The fraction of sp³-hybridized carbons (Fsp3) is 0.263. The van der Waals surface area contributed by atoms with Crippen LogP contribution in [0.1, 0.15) is 18.4 Å². The van der Waals surface area contributed by atoms with Gasteiger partial charge in [0.05, 0.1) is 12.0 Å². The van der Waals surface area contributed by atoms with Gasteiger partial charge in [0, 0.05) is 18.6 Å². The summed E-state index contributed by atoms with van der Waals surface area (Å²) in [6.07, 6.45) is 0.0452. The Morgan fingerprint density at radius 3 is 2.68 bits per heavy atom. The van der Waals surface area contributed by atoms with E-state index in [1.165, 1.54) is 5.56 Å². The second-order valence-corrected chi connectivity index (χ2v) is 6.66. The molecule has 1 aliphatic heterocycles. The molecule has 0 spiro atoms. The number of piperidine rings is 1. The van der Waals surface area contributed by atoms with Gasteiger partial charge in [-0.15, -0.1) is 11.8 Å². The molecule has 1 atom stereocenters. The molecule has 0 radical (unpaired) electrons. The number of nitrogens with one attached hydrogen (secondary N) is 1. The first-order chi connectivity index (χ1) is 12.2. The van der Waals surface area contributed by atoms with Crippen molar-refractivity contribution in [3.8, 4) is 11.5 Å². The Balaban J connectivity index is 1.71. The van der Waals surface area contributed by atoms with Crippen molar-refractivity contribution in [2.45, 2.75) is 29.6 Å². The van der Waals surface area contributed by atoms with Crippen LogP contribution in [0.5, 0.6) is 11.5 Å². The molecule has 1 aliphatic rings. The average Bonchev–Trinajstić information content (AvgIpc) is 2.63. The summed E-state index contributed by atoms with van der Waals surface area (Å²) in [5, 5.41) is 2.30. The Morgan fingerprint density at radius 2 is 1.96 bits per heavy atom. The molecule has 0 aliphatic carbocycles. The van der Waals surface area contributed by atoms with E-state index in [1.54, 1.807) is 24.9 Å². The third-order valence-electron chi connectivity index (χ3n) is 3.84. The van der Waals surface area contributed by atoms with Crippen LogP contribution in [-0.4, -0.2) is 25.0 Å². The second kappa shape index (κ2) is 8.07. The van der Waals surface area contributed by atoms with Crippen LogP contribution in [0.25, 0.3) is 0 Å². The van der Waals surface area contributed by atoms with Crippen LogP contribution < -0.4 is 14.8 Å². The molecule has 6 heteroatoms. The molecule has 1 unspecified atom stereocenters. The van der Waals surface area contributed by atoms with E-state index in [1.807, 2.05) is 30.3 Å². The molecule has 1 fully saturated rings. The molecule has 1 N–H and O–H groups in total. The zero-order valence-electron chi connectivity index (χ0n) is 13.9. The number of carbonyl (C=O) groups excluding carboxylic acids is 2. The largest absolute Gasteiger partial charge is 0.496 e. The lowest BCUT2D eigenvalue weighted by molar-refractivity contribution is -0.138. The second-order valence-electron chi connectivity index (χ2n) is 5.64. The van der Waals surface area contributed by atoms with Gasteiger partial charge in [0.1, 0.15) is 11.5 Å². The maximum absolute atomic E-state index is 11.8. The van der Waals surface area contributed by atoms with E-state index >= 15 is 0 Å². The topological polar surface area (TPSA) is 64.6 Å². The van der Waals surface area contributed by atoms with Crippen molar-refractivity contribution in [2.24, 2.45) is 0 Å². The number of rotatable bonds is 6. The number of ether oxygens (including phenoxy) is 2. The fourth-order valence-electron chi connectivity index (χ4n) is 2.53. The summed E-state index contributed by atoms with van der Waals surface area (Å²) in [6, 6.07) is 15.6. The lowest BCUT2D eigenvalue weighted by Gasteiger charge is -2.22. The maximum atomic E-state index is 11.8. The van der Waals surface area contributed by atoms with Crippen LogP contribution in [0.4, 0.5) is 0 Å². The number of carbonyl (C=O) groups is 2. The van der Waals surface area contributed by atoms with E-state index in [2.05, 4.69) is 17.4 Å². The summed E-state index contributed by atoms with van der Waals surface area (Å²) in [5.74, 6) is 1.52. The molecule has 0 saturated carbocycles. The zero-order valence-corrected chi connectivity index (χ0v) is 14.7. The molecular formula is C19H19NO4S. The highest BCUT2D eigenvalue weighted by Gasteiger charge is 2.28. The average molecular weight is 357 g/mol.